The van der Waals surface area contributed by atoms with Crippen molar-refractivity contribution in [2.24, 2.45) is 5.92 Å². The van der Waals surface area contributed by atoms with E-state index in [1.54, 1.807) is 4.90 Å². The van der Waals surface area contributed by atoms with E-state index in [4.69, 9.17) is 5.11 Å². The van der Waals surface area contributed by atoms with Gasteiger partial charge in [-0.2, -0.15) is 8.78 Å². The zero-order valence-electron chi connectivity index (χ0n) is 8.38. The molecule has 0 atom stereocenters. The first-order valence-electron chi connectivity index (χ1n) is 4.83. The normalized spacial score (nSPS) is 17.7. The molecule has 0 aliphatic carbocycles. The van der Waals surface area contributed by atoms with Gasteiger partial charge in [-0.1, -0.05) is 0 Å². The van der Waals surface area contributed by atoms with Gasteiger partial charge in [-0.3, -0.25) is 14.3 Å². The second kappa shape index (κ2) is 4.17. The number of rotatable bonds is 4. The number of imidazole rings is 1. The number of hydrogen-bond acceptors (Lipinski definition) is 3. The van der Waals surface area contributed by atoms with Gasteiger partial charge in [-0.05, 0) is 0 Å². The highest BCUT2D eigenvalue weighted by atomic mass is 19.3. The van der Waals surface area contributed by atoms with E-state index in [-0.39, 0.29) is 18.3 Å². The van der Waals surface area contributed by atoms with Gasteiger partial charge in [0.15, 0.2) is 0 Å². The summed E-state index contributed by atoms with van der Waals surface area (Å²) in [4.78, 5) is 16.1. The van der Waals surface area contributed by atoms with Gasteiger partial charge in [0.05, 0.1) is 12.5 Å². The Morgan fingerprint density at radius 2 is 2.31 bits per heavy atom. The van der Waals surface area contributed by atoms with E-state index in [2.05, 4.69) is 4.98 Å². The average Bonchev–Trinajstić information content (AvgIpc) is 2.57. The molecule has 0 amide bonds. The van der Waals surface area contributed by atoms with Gasteiger partial charge in [-0.15, -0.1) is 0 Å². The average molecular weight is 231 g/mol. The van der Waals surface area contributed by atoms with Gasteiger partial charge in [0.2, 0.25) is 0 Å². The van der Waals surface area contributed by atoms with Gasteiger partial charge in [-0.25, -0.2) is 4.98 Å². The van der Waals surface area contributed by atoms with Crippen LogP contribution in [0, 0.1) is 5.92 Å². The van der Waals surface area contributed by atoms with Crippen molar-refractivity contribution in [1.82, 2.24) is 14.5 Å². The lowest BCUT2D eigenvalue weighted by Gasteiger charge is -2.36. The van der Waals surface area contributed by atoms with Crippen LogP contribution in [0.25, 0.3) is 0 Å². The predicted octanol–water partition coefficient (Wildman–Crippen LogP) is 0.795. The number of aliphatic carboxylic acids is 1. The zero-order valence-corrected chi connectivity index (χ0v) is 8.38. The zero-order chi connectivity index (χ0) is 11.7. The largest absolute Gasteiger partial charge is 0.481 e. The summed E-state index contributed by atoms with van der Waals surface area (Å²) in [5.74, 6) is -0.956. The SMILES string of the molecule is O=C(O)C1CN(Cc2nccn2C(F)F)C1. The first-order valence-corrected chi connectivity index (χ1v) is 4.83. The van der Waals surface area contributed by atoms with Crippen LogP contribution >= 0.6 is 0 Å². The molecule has 0 spiro atoms. The van der Waals surface area contributed by atoms with E-state index in [1.165, 1.54) is 12.4 Å². The molecule has 0 aromatic carbocycles. The van der Waals surface area contributed by atoms with E-state index >= 15 is 0 Å². The highest BCUT2D eigenvalue weighted by Gasteiger charge is 2.33. The molecular weight excluding hydrogens is 220 g/mol. The molecule has 0 bridgehead atoms. The van der Waals surface area contributed by atoms with Crippen molar-refractivity contribution in [3.8, 4) is 0 Å². The van der Waals surface area contributed by atoms with Crippen LogP contribution in [-0.2, 0) is 11.3 Å². The lowest BCUT2D eigenvalue weighted by atomic mass is 10.0. The van der Waals surface area contributed by atoms with Gasteiger partial charge < -0.3 is 5.11 Å². The minimum Gasteiger partial charge on any atom is -0.481 e. The number of aromatic nitrogens is 2. The summed E-state index contributed by atoms with van der Waals surface area (Å²) in [5.41, 5.74) is 0. The Morgan fingerprint density at radius 3 is 2.88 bits per heavy atom. The van der Waals surface area contributed by atoms with Crippen molar-refractivity contribution < 1.29 is 18.7 Å². The van der Waals surface area contributed by atoms with Gasteiger partial charge in [0, 0.05) is 25.5 Å². The third kappa shape index (κ3) is 2.04. The molecule has 2 heterocycles. The summed E-state index contributed by atoms with van der Waals surface area (Å²) in [6.07, 6.45) is 2.53. The molecule has 0 saturated carbocycles. The second-order valence-electron chi connectivity index (χ2n) is 3.76. The fourth-order valence-corrected chi connectivity index (χ4v) is 1.70. The lowest BCUT2D eigenvalue weighted by Crippen LogP contribution is -2.49. The van der Waals surface area contributed by atoms with E-state index in [1.807, 2.05) is 0 Å². The summed E-state index contributed by atoms with van der Waals surface area (Å²) in [6.45, 7) is -1.55. The minimum atomic E-state index is -2.60. The van der Waals surface area contributed by atoms with Gasteiger partial charge >= 0.3 is 12.5 Å². The molecule has 1 aliphatic heterocycles. The number of carboxylic acids is 1. The van der Waals surface area contributed by atoms with E-state index < -0.39 is 12.5 Å². The lowest BCUT2D eigenvalue weighted by molar-refractivity contribution is -0.147. The second-order valence-corrected chi connectivity index (χ2v) is 3.76. The van der Waals surface area contributed by atoms with Crippen molar-refractivity contribution in [2.45, 2.75) is 13.1 Å². The summed E-state index contributed by atoms with van der Waals surface area (Å²) in [6, 6.07) is 0. The minimum absolute atomic E-state index is 0.263. The molecule has 1 saturated heterocycles. The van der Waals surface area contributed by atoms with Crippen molar-refractivity contribution in [1.29, 1.82) is 0 Å². The van der Waals surface area contributed by atoms with Crippen molar-refractivity contribution in [3.05, 3.63) is 18.2 Å². The first-order chi connectivity index (χ1) is 7.58. The third-order valence-electron chi connectivity index (χ3n) is 2.63. The van der Waals surface area contributed by atoms with Crippen molar-refractivity contribution in [3.63, 3.8) is 0 Å². The molecule has 1 aromatic heterocycles. The van der Waals surface area contributed by atoms with Crippen LogP contribution in [0.4, 0.5) is 8.78 Å². The molecular formula is C9H11F2N3O2. The van der Waals surface area contributed by atoms with E-state index in [9.17, 15) is 13.6 Å². The molecule has 1 fully saturated rings. The Labute approximate surface area is 90.3 Å². The fraction of sp³-hybridized carbons (Fsp3) is 0.556. The number of carboxylic acid groups (broad SMARTS) is 1. The Balaban J connectivity index is 1.91. The first kappa shape index (κ1) is 11.0. The van der Waals surface area contributed by atoms with Crippen LogP contribution in [0.2, 0.25) is 0 Å². The number of carbonyl (C=O) groups is 1. The molecule has 5 nitrogen and oxygen atoms in total. The van der Waals surface area contributed by atoms with E-state index in [0.29, 0.717) is 13.1 Å². The maximum atomic E-state index is 12.4. The molecule has 88 valence electrons. The number of nitrogens with zero attached hydrogens (tertiary/aromatic N) is 3. The summed E-state index contributed by atoms with van der Waals surface area (Å²) in [5, 5.41) is 8.65. The highest BCUT2D eigenvalue weighted by Crippen LogP contribution is 2.20. The smallest absolute Gasteiger partial charge is 0.319 e. The standard InChI is InChI=1S/C9H11F2N3O2/c10-9(11)14-2-1-12-7(14)5-13-3-6(4-13)8(15)16/h1-2,6,9H,3-5H2,(H,15,16). The molecule has 0 unspecified atom stereocenters. The molecule has 0 radical (unpaired) electrons. The van der Waals surface area contributed by atoms with Crippen LogP contribution in [0.1, 0.15) is 12.4 Å². The van der Waals surface area contributed by atoms with Crippen LogP contribution in [-0.4, -0.2) is 38.6 Å². The quantitative estimate of drug-likeness (QED) is 0.832. The number of halogens is 2. The summed E-state index contributed by atoms with van der Waals surface area (Å²) < 4.78 is 25.7. The monoisotopic (exact) mass is 231 g/mol. The van der Waals surface area contributed by atoms with Gasteiger partial charge in [0.1, 0.15) is 5.82 Å². The molecule has 2 rings (SSSR count). The van der Waals surface area contributed by atoms with Gasteiger partial charge in [0.25, 0.3) is 0 Å². The molecule has 1 N–H and O–H groups in total. The number of alkyl halides is 2. The van der Waals surface area contributed by atoms with Crippen LogP contribution in [0.3, 0.4) is 0 Å². The topological polar surface area (TPSA) is 58.4 Å². The highest BCUT2D eigenvalue weighted by molar-refractivity contribution is 5.71. The maximum Gasteiger partial charge on any atom is 0.319 e. The summed E-state index contributed by atoms with van der Waals surface area (Å²) in [7, 11) is 0. The van der Waals surface area contributed by atoms with Crippen LogP contribution in [0.15, 0.2) is 12.4 Å². The van der Waals surface area contributed by atoms with Crippen LogP contribution in [0.5, 0.6) is 0 Å². The molecule has 7 heteroatoms. The van der Waals surface area contributed by atoms with Crippen molar-refractivity contribution >= 4 is 5.97 Å². The van der Waals surface area contributed by atoms with Crippen molar-refractivity contribution in [2.75, 3.05) is 13.1 Å². The maximum absolute atomic E-state index is 12.4. The Hall–Kier alpha value is -1.50. The Kier molecular flexibility index (Phi) is 2.86. The Morgan fingerprint density at radius 1 is 1.62 bits per heavy atom. The Bertz CT molecular complexity index is 388. The fourth-order valence-electron chi connectivity index (χ4n) is 1.70. The number of hydrogen-bond donors (Lipinski definition) is 1. The molecule has 16 heavy (non-hydrogen) atoms. The predicted molar refractivity (Wildman–Crippen MR) is 49.9 cm³/mol. The molecule has 1 aromatic rings. The third-order valence-corrected chi connectivity index (χ3v) is 2.63. The number of likely N-dealkylation sites (tertiary alicyclic amines) is 1. The van der Waals surface area contributed by atoms with E-state index in [0.717, 1.165) is 4.57 Å². The summed E-state index contributed by atoms with van der Waals surface area (Å²) >= 11 is 0. The van der Waals surface area contributed by atoms with Crippen LogP contribution < -0.4 is 0 Å². The molecule has 1 aliphatic rings.